The number of hydrogen-bond acceptors (Lipinski definition) is 2. The van der Waals surface area contributed by atoms with Crippen LogP contribution in [0.4, 0.5) is 0 Å². The number of nitrogens with two attached hydrogens (primary N) is 1. The Morgan fingerprint density at radius 2 is 2.00 bits per heavy atom. The third-order valence-electron chi connectivity index (χ3n) is 2.99. The van der Waals surface area contributed by atoms with Gasteiger partial charge in [-0.05, 0) is 25.2 Å². The maximum atomic E-state index is 11.7. The molecule has 0 radical (unpaired) electrons. The monoisotopic (exact) mass is 184 g/mol. The lowest BCUT2D eigenvalue weighted by molar-refractivity contribution is -0.135. The highest BCUT2D eigenvalue weighted by molar-refractivity contribution is 5.78. The van der Waals surface area contributed by atoms with Crippen LogP contribution in [0.5, 0.6) is 0 Å². The lowest BCUT2D eigenvalue weighted by Crippen LogP contribution is -2.41. The van der Waals surface area contributed by atoms with Crippen molar-refractivity contribution in [2.75, 3.05) is 14.1 Å². The molecule has 1 saturated carbocycles. The van der Waals surface area contributed by atoms with Crippen molar-refractivity contribution >= 4 is 5.91 Å². The van der Waals surface area contributed by atoms with Crippen LogP contribution in [-0.2, 0) is 4.79 Å². The smallest absolute Gasteiger partial charge is 0.225 e. The topological polar surface area (TPSA) is 46.3 Å². The number of carbonyl (C=O) groups excluding carboxylic acids is 1. The summed E-state index contributed by atoms with van der Waals surface area (Å²) in [4.78, 5) is 13.4. The first-order valence-electron chi connectivity index (χ1n) is 4.99. The van der Waals surface area contributed by atoms with E-state index in [1.165, 1.54) is 0 Å². The second-order valence-corrected chi connectivity index (χ2v) is 4.39. The molecule has 1 aliphatic rings. The van der Waals surface area contributed by atoms with Crippen molar-refractivity contribution in [2.45, 2.75) is 32.2 Å². The Hall–Kier alpha value is -0.570. The fourth-order valence-electron chi connectivity index (χ4n) is 2.03. The van der Waals surface area contributed by atoms with E-state index < -0.39 is 0 Å². The quantitative estimate of drug-likeness (QED) is 0.656. The fourth-order valence-corrected chi connectivity index (χ4v) is 2.03. The fraction of sp³-hybridized carbons (Fsp3) is 0.900. The summed E-state index contributed by atoms with van der Waals surface area (Å²) in [5, 5.41) is 0. The molecule has 3 unspecified atom stereocenters. The molecule has 3 atom stereocenters. The Kier molecular flexibility index (Phi) is 3.31. The van der Waals surface area contributed by atoms with Gasteiger partial charge in [0.25, 0.3) is 0 Å². The lowest BCUT2D eigenvalue weighted by atomic mass is 9.77. The average Bonchev–Trinajstić information content (AvgIpc) is 2.08. The summed E-state index contributed by atoms with van der Waals surface area (Å²) in [6, 6.07) is 0.227. The van der Waals surface area contributed by atoms with Crippen molar-refractivity contribution in [3.63, 3.8) is 0 Å². The van der Waals surface area contributed by atoms with E-state index in [0.717, 1.165) is 19.3 Å². The zero-order chi connectivity index (χ0) is 10.0. The normalized spacial score (nSPS) is 34.3. The molecular formula is C10H20N2O. The minimum absolute atomic E-state index is 0.152. The van der Waals surface area contributed by atoms with Crippen LogP contribution in [0, 0.1) is 11.8 Å². The molecule has 0 aromatic carbocycles. The van der Waals surface area contributed by atoms with E-state index in [-0.39, 0.29) is 17.9 Å². The first-order chi connectivity index (χ1) is 6.02. The Morgan fingerprint density at radius 3 is 2.54 bits per heavy atom. The molecule has 0 heterocycles. The molecule has 3 nitrogen and oxygen atoms in total. The SMILES string of the molecule is CC1CCC(N)CC1C(=O)N(C)C. The van der Waals surface area contributed by atoms with Gasteiger partial charge in [-0.3, -0.25) is 4.79 Å². The maximum absolute atomic E-state index is 11.7. The lowest BCUT2D eigenvalue weighted by Gasteiger charge is -2.33. The van der Waals surface area contributed by atoms with E-state index in [0.29, 0.717) is 5.92 Å². The van der Waals surface area contributed by atoms with Crippen molar-refractivity contribution in [3.8, 4) is 0 Å². The molecule has 13 heavy (non-hydrogen) atoms. The number of nitrogens with zero attached hydrogens (tertiary/aromatic N) is 1. The maximum Gasteiger partial charge on any atom is 0.225 e. The minimum Gasteiger partial charge on any atom is -0.349 e. The van der Waals surface area contributed by atoms with Gasteiger partial charge in [0.2, 0.25) is 5.91 Å². The summed E-state index contributed by atoms with van der Waals surface area (Å²) >= 11 is 0. The molecule has 0 bridgehead atoms. The molecule has 1 fully saturated rings. The Labute approximate surface area is 80.3 Å². The molecule has 0 aromatic heterocycles. The van der Waals surface area contributed by atoms with Crippen LogP contribution in [0.15, 0.2) is 0 Å². The number of hydrogen-bond donors (Lipinski definition) is 1. The van der Waals surface area contributed by atoms with Gasteiger partial charge in [-0.25, -0.2) is 0 Å². The molecule has 2 N–H and O–H groups in total. The van der Waals surface area contributed by atoms with Crippen LogP contribution in [-0.4, -0.2) is 30.9 Å². The molecular weight excluding hydrogens is 164 g/mol. The van der Waals surface area contributed by atoms with Crippen LogP contribution >= 0.6 is 0 Å². The van der Waals surface area contributed by atoms with Crippen LogP contribution in [0.2, 0.25) is 0 Å². The van der Waals surface area contributed by atoms with Crippen LogP contribution in [0.25, 0.3) is 0 Å². The first-order valence-corrected chi connectivity index (χ1v) is 4.99. The van der Waals surface area contributed by atoms with Crippen molar-refractivity contribution in [1.29, 1.82) is 0 Å². The van der Waals surface area contributed by atoms with Crippen LogP contribution < -0.4 is 5.73 Å². The van der Waals surface area contributed by atoms with Gasteiger partial charge in [-0.1, -0.05) is 6.92 Å². The van der Waals surface area contributed by atoms with Crippen molar-refractivity contribution in [3.05, 3.63) is 0 Å². The van der Waals surface area contributed by atoms with Gasteiger partial charge in [0, 0.05) is 26.1 Å². The molecule has 1 aliphatic carbocycles. The van der Waals surface area contributed by atoms with Crippen molar-refractivity contribution < 1.29 is 4.79 Å². The summed E-state index contributed by atoms with van der Waals surface area (Å²) in [6.07, 6.45) is 3.02. The molecule has 3 heteroatoms. The Balaban J connectivity index is 2.60. The molecule has 0 saturated heterocycles. The van der Waals surface area contributed by atoms with Crippen molar-refractivity contribution in [2.24, 2.45) is 17.6 Å². The number of carbonyl (C=O) groups is 1. The molecule has 0 aliphatic heterocycles. The van der Waals surface area contributed by atoms with E-state index in [2.05, 4.69) is 6.92 Å². The van der Waals surface area contributed by atoms with Gasteiger partial charge in [-0.2, -0.15) is 0 Å². The summed E-state index contributed by atoms with van der Waals surface area (Å²) in [6.45, 7) is 2.15. The average molecular weight is 184 g/mol. The van der Waals surface area contributed by atoms with Gasteiger partial charge >= 0.3 is 0 Å². The molecule has 0 spiro atoms. The Morgan fingerprint density at radius 1 is 1.38 bits per heavy atom. The minimum atomic E-state index is 0.152. The van der Waals surface area contributed by atoms with E-state index in [4.69, 9.17) is 5.73 Å². The zero-order valence-corrected chi connectivity index (χ0v) is 8.79. The van der Waals surface area contributed by atoms with E-state index in [1.807, 2.05) is 14.1 Å². The van der Waals surface area contributed by atoms with E-state index in [1.54, 1.807) is 4.90 Å². The number of amides is 1. The second kappa shape index (κ2) is 4.09. The van der Waals surface area contributed by atoms with Crippen molar-refractivity contribution in [1.82, 2.24) is 4.90 Å². The third-order valence-corrected chi connectivity index (χ3v) is 2.99. The van der Waals surface area contributed by atoms with Gasteiger partial charge in [0.1, 0.15) is 0 Å². The van der Waals surface area contributed by atoms with Crippen LogP contribution in [0.1, 0.15) is 26.2 Å². The molecule has 0 aromatic rings. The van der Waals surface area contributed by atoms with Gasteiger partial charge < -0.3 is 10.6 Å². The highest BCUT2D eigenvalue weighted by Gasteiger charge is 2.31. The van der Waals surface area contributed by atoms with Gasteiger partial charge in [0.15, 0.2) is 0 Å². The third kappa shape index (κ3) is 2.44. The van der Waals surface area contributed by atoms with Gasteiger partial charge in [-0.15, -0.1) is 0 Å². The summed E-state index contributed by atoms with van der Waals surface area (Å²) in [5.74, 6) is 0.885. The highest BCUT2D eigenvalue weighted by Crippen LogP contribution is 2.29. The largest absolute Gasteiger partial charge is 0.349 e. The molecule has 76 valence electrons. The van der Waals surface area contributed by atoms with Crippen LogP contribution in [0.3, 0.4) is 0 Å². The highest BCUT2D eigenvalue weighted by atomic mass is 16.2. The first kappa shape index (κ1) is 10.5. The summed E-state index contributed by atoms with van der Waals surface area (Å²) < 4.78 is 0. The summed E-state index contributed by atoms with van der Waals surface area (Å²) in [7, 11) is 3.63. The second-order valence-electron chi connectivity index (χ2n) is 4.39. The van der Waals surface area contributed by atoms with E-state index >= 15 is 0 Å². The predicted molar refractivity (Wildman–Crippen MR) is 53.2 cm³/mol. The number of rotatable bonds is 1. The predicted octanol–water partition coefficient (Wildman–Crippen LogP) is 0.838. The van der Waals surface area contributed by atoms with Gasteiger partial charge in [0.05, 0.1) is 0 Å². The standard InChI is InChI=1S/C10H20N2O/c1-7-4-5-8(11)6-9(7)10(13)12(2)3/h7-9H,4-6,11H2,1-3H3. The molecule has 1 rings (SSSR count). The van der Waals surface area contributed by atoms with E-state index in [9.17, 15) is 4.79 Å². The zero-order valence-electron chi connectivity index (χ0n) is 8.79. The Bertz CT molecular complexity index is 191. The summed E-state index contributed by atoms with van der Waals surface area (Å²) in [5.41, 5.74) is 5.85. The molecule has 1 amide bonds.